The molecule has 107 heavy (non-hydrogen) atoms. The molecule has 536 valence electrons. The van der Waals surface area contributed by atoms with E-state index in [4.69, 9.17) is 8.83 Å². The Labute approximate surface area is 634 Å². The van der Waals surface area contributed by atoms with Crippen LogP contribution in [-0.2, 0) is 49.7 Å². The molecule has 4 aliphatic rings. The number of aryl methyl sites for hydroxylation is 2. The first-order valence-corrected chi connectivity index (χ1v) is 39.1. The first-order valence-electron chi connectivity index (χ1n) is 39.1. The number of hydrogen-bond donors (Lipinski definition) is 0. The van der Waals surface area contributed by atoms with Gasteiger partial charge in [0, 0.05) is 77.2 Å². The van der Waals surface area contributed by atoms with E-state index in [1.54, 1.807) is 0 Å². The minimum Gasteiger partial charge on any atom is -0.456 e. The number of anilines is 6. The van der Waals surface area contributed by atoms with Crippen LogP contribution in [0.3, 0.4) is 0 Å². The zero-order valence-electron chi connectivity index (χ0n) is 67.0. The van der Waals surface area contributed by atoms with Crippen molar-refractivity contribution in [2.75, 3.05) is 9.80 Å². The first kappa shape index (κ1) is 68.6. The topological polar surface area (TPSA) is 32.8 Å². The minimum absolute atomic E-state index is 0.0183. The highest BCUT2D eigenvalue weighted by atomic mass is 16.3. The second-order valence-corrected chi connectivity index (χ2v) is 38.4. The third kappa shape index (κ3) is 10.3. The molecular weight excluding hydrogens is 1300 g/mol. The summed E-state index contributed by atoms with van der Waals surface area (Å²) in [5.41, 5.74) is 40.8. The average molecular weight is 1400 g/mol. The van der Waals surface area contributed by atoms with Crippen molar-refractivity contribution in [3.8, 4) is 44.5 Å². The lowest BCUT2D eigenvalue weighted by atomic mass is 9.79. The fourth-order valence-corrected chi connectivity index (χ4v) is 19.7. The minimum atomic E-state index is -0.315. The largest absolute Gasteiger partial charge is 0.456 e. The summed E-state index contributed by atoms with van der Waals surface area (Å²) < 4.78 is 14.4. The number of benzene rings is 12. The maximum absolute atomic E-state index is 7.40. The Hall–Kier alpha value is -10.2. The van der Waals surface area contributed by atoms with Crippen molar-refractivity contribution < 1.29 is 8.83 Å². The van der Waals surface area contributed by atoms with E-state index in [0.717, 1.165) is 90.0 Å². The molecule has 0 aliphatic heterocycles. The normalized spacial score (nSPS) is 15.5. The zero-order chi connectivity index (χ0) is 75.3. The molecule has 0 N–H and O–H groups in total. The van der Waals surface area contributed by atoms with Crippen LogP contribution < -0.4 is 9.80 Å². The van der Waals surface area contributed by atoms with Gasteiger partial charge in [-0.05, 0) is 261 Å². The Kier molecular flexibility index (Phi) is 14.6. The number of fused-ring (bicyclic) bond motifs is 18. The van der Waals surface area contributed by atoms with Gasteiger partial charge in [-0.25, -0.2) is 0 Å². The van der Waals surface area contributed by atoms with Crippen LogP contribution in [0.5, 0.6) is 0 Å². The van der Waals surface area contributed by atoms with Gasteiger partial charge in [-0.2, -0.15) is 0 Å². The number of rotatable bonds is 8. The van der Waals surface area contributed by atoms with Crippen LogP contribution in [-0.4, -0.2) is 0 Å². The van der Waals surface area contributed by atoms with Gasteiger partial charge in [0.15, 0.2) is 5.58 Å². The van der Waals surface area contributed by atoms with E-state index >= 15 is 0 Å². The number of hydrogen-bond acceptors (Lipinski definition) is 4. The van der Waals surface area contributed by atoms with Gasteiger partial charge in [0.05, 0.1) is 5.69 Å². The molecule has 0 bridgehead atoms. The van der Waals surface area contributed by atoms with Crippen LogP contribution >= 0.6 is 0 Å². The van der Waals surface area contributed by atoms with E-state index < -0.39 is 0 Å². The van der Waals surface area contributed by atoms with Gasteiger partial charge < -0.3 is 18.6 Å². The van der Waals surface area contributed by atoms with Crippen molar-refractivity contribution in [1.82, 2.24) is 0 Å². The van der Waals surface area contributed by atoms with Gasteiger partial charge in [0.2, 0.25) is 0 Å². The molecular formula is C103H102N2O2. The molecule has 0 radical (unpaired) electrons. The Balaban J connectivity index is 0.739. The summed E-state index contributed by atoms with van der Waals surface area (Å²) in [5, 5.41) is 4.57. The van der Waals surface area contributed by atoms with Crippen molar-refractivity contribution in [3.05, 3.63) is 295 Å². The number of nitrogens with zero attached hydrogens (tertiary/aromatic N) is 2. The van der Waals surface area contributed by atoms with Gasteiger partial charge in [-0.1, -0.05) is 254 Å². The quantitative estimate of drug-likeness (QED) is 0.152. The summed E-state index contributed by atoms with van der Waals surface area (Å²) in [7, 11) is 0. The Morgan fingerprint density at radius 1 is 0.299 bits per heavy atom. The third-order valence-electron chi connectivity index (χ3n) is 25.5. The predicted molar refractivity (Wildman–Crippen MR) is 454 cm³/mol. The summed E-state index contributed by atoms with van der Waals surface area (Å²) in [6.07, 6.45) is 0.777. The number of furan rings is 2. The average Bonchev–Trinajstić information content (AvgIpc) is 1.57. The van der Waals surface area contributed by atoms with E-state index in [0.29, 0.717) is 0 Å². The lowest BCUT2D eigenvalue weighted by Gasteiger charge is -2.31. The van der Waals surface area contributed by atoms with Gasteiger partial charge in [-0.15, -0.1) is 0 Å². The molecule has 14 aromatic rings. The molecule has 0 amide bonds. The monoisotopic (exact) mass is 1400 g/mol. The van der Waals surface area contributed by atoms with E-state index in [1.165, 1.54) is 128 Å². The second-order valence-electron chi connectivity index (χ2n) is 38.4. The summed E-state index contributed by atoms with van der Waals surface area (Å²) in [6.45, 7) is 51.8. The molecule has 4 heteroatoms. The molecule has 4 nitrogen and oxygen atoms in total. The molecule has 0 saturated heterocycles. The molecule has 18 rings (SSSR count). The summed E-state index contributed by atoms with van der Waals surface area (Å²) in [4.78, 5) is 5.06. The van der Waals surface area contributed by atoms with Crippen LogP contribution in [0.2, 0.25) is 0 Å². The molecule has 12 aromatic carbocycles. The molecule has 0 saturated carbocycles. The third-order valence-corrected chi connectivity index (χ3v) is 25.5. The maximum Gasteiger partial charge on any atom is 0.159 e. The van der Waals surface area contributed by atoms with E-state index in [9.17, 15) is 0 Å². The van der Waals surface area contributed by atoms with Crippen molar-refractivity contribution in [2.45, 2.75) is 202 Å². The Morgan fingerprint density at radius 2 is 0.757 bits per heavy atom. The fourth-order valence-electron chi connectivity index (χ4n) is 19.7. The van der Waals surface area contributed by atoms with E-state index in [1.807, 2.05) is 0 Å². The molecule has 0 spiro atoms. The van der Waals surface area contributed by atoms with Crippen LogP contribution in [0.1, 0.15) is 227 Å². The highest BCUT2D eigenvalue weighted by molar-refractivity contribution is 6.12. The van der Waals surface area contributed by atoms with Crippen LogP contribution in [0, 0.1) is 13.8 Å². The SMILES string of the molecule is Cc1cc(N(c2ccc3c(c2)C(C)(C)c2ccccc2-3)c2ccc3c(c2)C(C)(C)c2cccc(C(C)(C)C)c2-3)c2oc3c(C)cc(Cc4ccc5c(c4)C(C)(C)c4cc(N(c6ccc7c(c6)C(C)(C)c6cccc(C(C)(C)C)c6-7)c6cc(C(C)(C)C)c7oc8ccc(C(C)(C)C)cc8c7c6)ccc4-5)cc3c2c1. The van der Waals surface area contributed by atoms with Gasteiger partial charge >= 0.3 is 0 Å². The van der Waals surface area contributed by atoms with Crippen LogP contribution in [0.4, 0.5) is 34.1 Å². The smallest absolute Gasteiger partial charge is 0.159 e. The van der Waals surface area contributed by atoms with Crippen molar-refractivity contribution in [2.24, 2.45) is 0 Å². The lowest BCUT2D eigenvalue weighted by Crippen LogP contribution is -2.19. The highest BCUT2D eigenvalue weighted by Gasteiger charge is 2.44. The second kappa shape index (κ2) is 22.7. The first-order chi connectivity index (χ1) is 50.4. The summed E-state index contributed by atoms with van der Waals surface area (Å²) in [6, 6.07) is 80.5. The molecule has 4 aliphatic carbocycles. The molecule has 0 atom stereocenters. The summed E-state index contributed by atoms with van der Waals surface area (Å²) >= 11 is 0. The van der Waals surface area contributed by atoms with E-state index in [-0.39, 0.29) is 43.3 Å². The van der Waals surface area contributed by atoms with Crippen molar-refractivity contribution >= 4 is 78.0 Å². The van der Waals surface area contributed by atoms with Gasteiger partial charge in [0.1, 0.15) is 16.7 Å². The standard InChI is InChI=1S/C103H102N2O2/c1-58-45-75-76-49-61(47-59(2)93(76)107-95(75)89(46-58)105(65-36-41-70-68-27-23-24-28-78(68)100(15,16)84(70)55-65)66-38-43-73-87(56-66)102(19,20)82-32-26-30-80(92(73)82)98(9,10)11)48-60-33-39-69-71-40-35-63(53-85(71)103(21,22)83(69)50-60)104(64-37-42-72-86(54-64)101(17,18)81-31-25-29-79(91(72)81)97(6,7)8)67-52-77-74-51-62(96(3,4)5)34-44-90(74)106-94(77)88(57-67)99(12,13)14/h23-47,49-57H,48H2,1-22H3. The van der Waals surface area contributed by atoms with Crippen LogP contribution in [0.25, 0.3) is 88.4 Å². The van der Waals surface area contributed by atoms with E-state index in [2.05, 4.69) is 368 Å². The lowest BCUT2D eigenvalue weighted by molar-refractivity contribution is 0.572. The Bertz CT molecular complexity index is 6170. The van der Waals surface area contributed by atoms with Gasteiger partial charge in [0.25, 0.3) is 0 Å². The molecule has 2 heterocycles. The fraction of sp³-hybridized carbons (Fsp3) is 0.301. The van der Waals surface area contributed by atoms with Crippen molar-refractivity contribution in [3.63, 3.8) is 0 Å². The highest BCUT2D eigenvalue weighted by Crippen LogP contribution is 2.59. The zero-order valence-corrected chi connectivity index (χ0v) is 67.0. The molecule has 0 unspecified atom stereocenters. The van der Waals surface area contributed by atoms with Crippen LogP contribution in [0.15, 0.2) is 215 Å². The molecule has 2 aromatic heterocycles. The Morgan fingerprint density at radius 3 is 1.31 bits per heavy atom. The maximum atomic E-state index is 7.40. The molecule has 0 fully saturated rings. The predicted octanol–water partition coefficient (Wildman–Crippen LogP) is 29.0. The van der Waals surface area contributed by atoms with Crippen molar-refractivity contribution in [1.29, 1.82) is 0 Å². The van der Waals surface area contributed by atoms with Gasteiger partial charge in [-0.3, -0.25) is 0 Å². The summed E-state index contributed by atoms with van der Waals surface area (Å²) in [5.74, 6) is 0.